The van der Waals surface area contributed by atoms with E-state index < -0.39 is 6.67 Å². The molecule has 4 aliphatic carbocycles. The first-order chi connectivity index (χ1) is 11.5. The van der Waals surface area contributed by atoms with E-state index in [4.69, 9.17) is 0 Å². The van der Waals surface area contributed by atoms with Gasteiger partial charge in [0.05, 0.1) is 0 Å². The summed E-state index contributed by atoms with van der Waals surface area (Å²) >= 11 is 0. The SMILES string of the molecule is C[C@@H]1CC2C3CCC4=CC(=O)CCC4C3CC[C@]2(C)C1C(=O)C[18F]. The summed E-state index contributed by atoms with van der Waals surface area (Å²) in [6.45, 7) is 3.62. The van der Waals surface area contributed by atoms with Crippen LogP contribution in [0.2, 0.25) is 0 Å². The van der Waals surface area contributed by atoms with Crippen LogP contribution >= 0.6 is 0 Å². The van der Waals surface area contributed by atoms with Gasteiger partial charge < -0.3 is 0 Å². The van der Waals surface area contributed by atoms with Gasteiger partial charge in [-0.3, -0.25) is 9.59 Å². The van der Waals surface area contributed by atoms with Crippen LogP contribution in [0.15, 0.2) is 11.6 Å². The fourth-order valence-corrected chi connectivity index (χ4v) is 7.31. The van der Waals surface area contributed by atoms with Gasteiger partial charge in [0.1, 0.15) is 6.67 Å². The number of carbonyl (C=O) groups is 2. The summed E-state index contributed by atoms with van der Waals surface area (Å²) in [4.78, 5) is 24.0. The Bertz CT molecular complexity index is 595. The molecule has 0 N–H and O–H groups in total. The number of hydrogen-bond acceptors (Lipinski definition) is 2. The highest BCUT2D eigenvalue weighted by atomic mass is 18.2. The van der Waals surface area contributed by atoms with Gasteiger partial charge in [0.25, 0.3) is 0 Å². The minimum Gasteiger partial charge on any atom is -0.296 e. The number of carbonyl (C=O) groups excluding carboxylic acids is 2. The van der Waals surface area contributed by atoms with E-state index in [-0.39, 0.29) is 17.1 Å². The van der Waals surface area contributed by atoms with Gasteiger partial charge in [0.2, 0.25) is 0 Å². The Labute approximate surface area is 144 Å². The van der Waals surface area contributed by atoms with E-state index in [9.17, 15) is 14.0 Å². The van der Waals surface area contributed by atoms with Crippen molar-refractivity contribution in [1.82, 2.24) is 0 Å². The molecule has 3 saturated carbocycles. The minimum absolute atomic E-state index is 0.00450. The van der Waals surface area contributed by atoms with E-state index in [0.717, 1.165) is 38.5 Å². The largest absolute Gasteiger partial charge is 0.296 e. The zero-order chi connectivity index (χ0) is 17.1. The fraction of sp³-hybridized carbons (Fsp3) is 0.810. The number of Topliss-reactive ketones (excluding diaryl/α,β-unsaturated/α-hetero) is 1. The monoisotopic (exact) mass is 331 g/mol. The van der Waals surface area contributed by atoms with Crippen molar-refractivity contribution in [3.63, 3.8) is 0 Å². The van der Waals surface area contributed by atoms with Crippen LogP contribution < -0.4 is 0 Å². The smallest absolute Gasteiger partial charge is 0.167 e. The first-order valence-corrected chi connectivity index (χ1v) is 9.77. The normalized spacial score (nSPS) is 47.5. The van der Waals surface area contributed by atoms with Crippen LogP contribution in [0.4, 0.5) is 4.39 Å². The van der Waals surface area contributed by atoms with Crippen molar-refractivity contribution >= 4 is 11.6 Å². The minimum atomic E-state index is -0.803. The van der Waals surface area contributed by atoms with Gasteiger partial charge in [-0.25, -0.2) is 4.39 Å². The summed E-state index contributed by atoms with van der Waals surface area (Å²) in [6, 6.07) is 0. The second-order valence-corrected chi connectivity index (χ2v) is 9.14. The predicted molar refractivity (Wildman–Crippen MR) is 91.1 cm³/mol. The zero-order valence-corrected chi connectivity index (χ0v) is 14.9. The van der Waals surface area contributed by atoms with Crippen LogP contribution in [-0.4, -0.2) is 18.2 Å². The summed E-state index contributed by atoms with van der Waals surface area (Å²) < 4.78 is 13.1. The van der Waals surface area contributed by atoms with Gasteiger partial charge in [-0.05, 0) is 79.6 Å². The van der Waals surface area contributed by atoms with Crippen molar-refractivity contribution in [3.8, 4) is 0 Å². The average Bonchev–Trinajstić information content (AvgIpc) is 2.84. The van der Waals surface area contributed by atoms with Crippen LogP contribution in [0.5, 0.6) is 0 Å². The molecule has 0 radical (unpaired) electrons. The standard InChI is InChI=1S/C21H29FO2/c1-12-9-18-17-5-3-13-10-14(23)4-6-15(13)16(17)7-8-21(18,2)20(12)19(24)11-22/h10,12,15-18,20H,3-9,11H2,1-2H3/t12-,15?,16?,17?,18?,20?,21+/m1/s1/i22-1. The molecule has 2 nitrogen and oxygen atoms in total. The fourth-order valence-electron chi connectivity index (χ4n) is 7.31. The third-order valence-electron chi connectivity index (χ3n) is 8.12. The van der Waals surface area contributed by atoms with E-state index in [1.54, 1.807) is 0 Å². The molecule has 132 valence electrons. The van der Waals surface area contributed by atoms with E-state index in [1.807, 2.05) is 6.08 Å². The van der Waals surface area contributed by atoms with E-state index in [2.05, 4.69) is 13.8 Å². The Morgan fingerprint density at radius 1 is 1.25 bits per heavy atom. The van der Waals surface area contributed by atoms with Gasteiger partial charge in [-0.1, -0.05) is 19.4 Å². The summed E-state index contributed by atoms with van der Waals surface area (Å²) in [5.41, 5.74) is 1.40. The maximum Gasteiger partial charge on any atom is 0.167 e. The lowest BCUT2D eigenvalue weighted by Gasteiger charge is -2.53. The summed E-state index contributed by atoms with van der Waals surface area (Å²) in [7, 11) is 0. The molecule has 0 saturated heterocycles. The van der Waals surface area contributed by atoms with Crippen molar-refractivity contribution in [3.05, 3.63) is 11.6 Å². The molecule has 4 aliphatic rings. The van der Waals surface area contributed by atoms with Crippen molar-refractivity contribution in [1.29, 1.82) is 0 Å². The molecule has 0 bridgehead atoms. The molecule has 0 heterocycles. The number of halogens is 1. The van der Waals surface area contributed by atoms with E-state index in [1.165, 1.54) is 5.57 Å². The number of rotatable bonds is 2. The zero-order valence-electron chi connectivity index (χ0n) is 14.9. The average molecular weight is 331 g/mol. The first kappa shape index (κ1) is 16.5. The van der Waals surface area contributed by atoms with Crippen LogP contribution in [0.3, 0.4) is 0 Å². The Hall–Kier alpha value is -0.990. The predicted octanol–water partition coefficient (Wildman–Crippen LogP) is 4.53. The molecule has 0 amide bonds. The molecule has 4 rings (SSSR count). The topological polar surface area (TPSA) is 34.1 Å². The van der Waals surface area contributed by atoms with Gasteiger partial charge in [0.15, 0.2) is 11.6 Å². The maximum absolute atomic E-state index is 13.1. The summed E-state index contributed by atoms with van der Waals surface area (Å²) in [5, 5.41) is 0. The van der Waals surface area contributed by atoms with Crippen LogP contribution in [0.25, 0.3) is 0 Å². The van der Waals surface area contributed by atoms with Gasteiger partial charge >= 0.3 is 0 Å². The van der Waals surface area contributed by atoms with Crippen molar-refractivity contribution in [2.24, 2.45) is 40.9 Å². The molecular weight excluding hydrogens is 302 g/mol. The molecule has 0 aromatic rings. The van der Waals surface area contributed by atoms with Crippen molar-refractivity contribution < 1.29 is 14.0 Å². The highest BCUT2D eigenvalue weighted by Gasteiger charge is 2.59. The number of alkyl halides is 1. The Balaban J connectivity index is 1.63. The lowest BCUT2D eigenvalue weighted by atomic mass is 9.51. The number of allylic oxidation sites excluding steroid dienone is 1. The van der Waals surface area contributed by atoms with Crippen LogP contribution in [-0.2, 0) is 9.59 Å². The van der Waals surface area contributed by atoms with Gasteiger partial charge in [-0.2, -0.15) is 0 Å². The van der Waals surface area contributed by atoms with Gasteiger partial charge in [0, 0.05) is 12.3 Å². The Kier molecular flexibility index (Phi) is 3.97. The molecule has 24 heavy (non-hydrogen) atoms. The molecular formula is C21H29FO2. The Morgan fingerprint density at radius 2 is 2.04 bits per heavy atom. The number of ketones is 2. The van der Waals surface area contributed by atoms with E-state index in [0.29, 0.717) is 41.8 Å². The van der Waals surface area contributed by atoms with E-state index >= 15 is 0 Å². The lowest BCUT2D eigenvalue weighted by molar-refractivity contribution is -0.131. The maximum atomic E-state index is 13.1. The second-order valence-electron chi connectivity index (χ2n) is 9.14. The molecule has 0 aromatic carbocycles. The van der Waals surface area contributed by atoms with Crippen molar-refractivity contribution in [2.45, 2.75) is 58.8 Å². The second kappa shape index (κ2) is 5.78. The third kappa shape index (κ3) is 2.26. The molecule has 3 heteroatoms. The first-order valence-electron chi connectivity index (χ1n) is 9.77. The quantitative estimate of drug-likeness (QED) is 0.745. The van der Waals surface area contributed by atoms with Crippen LogP contribution in [0, 0.1) is 40.9 Å². The molecule has 3 fully saturated rings. The van der Waals surface area contributed by atoms with Crippen molar-refractivity contribution in [2.75, 3.05) is 6.67 Å². The van der Waals surface area contributed by atoms with Crippen LogP contribution in [0.1, 0.15) is 58.8 Å². The number of fused-ring (bicyclic) bond motifs is 5. The molecule has 5 unspecified atom stereocenters. The summed E-state index contributed by atoms with van der Waals surface area (Å²) in [6.07, 6.45) is 9.16. The number of hydrogen-bond donors (Lipinski definition) is 0. The summed E-state index contributed by atoms with van der Waals surface area (Å²) in [5.74, 6) is 2.88. The molecule has 0 aliphatic heterocycles. The molecule has 0 aromatic heterocycles. The highest BCUT2D eigenvalue weighted by Crippen LogP contribution is 2.65. The molecule has 0 spiro atoms. The highest BCUT2D eigenvalue weighted by molar-refractivity contribution is 5.91. The lowest BCUT2D eigenvalue weighted by Crippen LogP contribution is -2.47. The third-order valence-corrected chi connectivity index (χ3v) is 8.12. The van der Waals surface area contributed by atoms with Gasteiger partial charge in [-0.15, -0.1) is 0 Å². The Morgan fingerprint density at radius 3 is 2.79 bits per heavy atom. The molecule has 7 atom stereocenters.